The van der Waals surface area contributed by atoms with Gasteiger partial charge in [-0.15, -0.1) is 0 Å². The number of aromatic nitrogens is 2. The van der Waals surface area contributed by atoms with Gasteiger partial charge in [0, 0.05) is 15.9 Å². The molecule has 0 fully saturated rings. The summed E-state index contributed by atoms with van der Waals surface area (Å²) in [6.07, 6.45) is 3.98. The quantitative estimate of drug-likeness (QED) is 0.512. The molecule has 0 aromatic carbocycles. The van der Waals surface area contributed by atoms with Crippen LogP contribution >= 0.6 is 15.9 Å². The summed E-state index contributed by atoms with van der Waals surface area (Å²) in [6.45, 7) is 0. The fourth-order valence-corrected chi connectivity index (χ4v) is 0.808. The van der Waals surface area contributed by atoms with Gasteiger partial charge in [0.2, 0.25) is 0 Å². The second kappa shape index (κ2) is 1.90. The van der Waals surface area contributed by atoms with Crippen LogP contribution in [0.25, 0.3) is 0 Å². The molecule has 8 heavy (non-hydrogen) atoms. The van der Waals surface area contributed by atoms with Crippen LogP contribution in [0, 0.1) is 0 Å². The van der Waals surface area contributed by atoms with Crippen molar-refractivity contribution in [1.29, 1.82) is 0 Å². The topological polar surface area (TPSA) is 8.81 Å². The zero-order valence-electron chi connectivity index (χ0n) is 4.93. The van der Waals surface area contributed by atoms with E-state index in [1.54, 1.807) is 0 Å². The predicted octanol–water partition coefficient (Wildman–Crippen LogP) is 0.612. The van der Waals surface area contributed by atoms with Crippen molar-refractivity contribution >= 4 is 15.9 Å². The van der Waals surface area contributed by atoms with Crippen molar-refractivity contribution in [2.75, 3.05) is 0 Å². The minimum absolute atomic E-state index is 1.08. The highest BCUT2D eigenvalue weighted by atomic mass is 79.9. The smallest absolute Gasteiger partial charge is 0.227 e. The van der Waals surface area contributed by atoms with Gasteiger partial charge >= 0.3 is 4.73 Å². The van der Waals surface area contributed by atoms with Crippen LogP contribution in [0.4, 0.5) is 0 Å². The minimum Gasteiger partial charge on any atom is -0.227 e. The molecule has 2 nitrogen and oxygen atoms in total. The van der Waals surface area contributed by atoms with Gasteiger partial charge in [-0.2, -0.15) is 0 Å². The van der Waals surface area contributed by atoms with Crippen molar-refractivity contribution in [1.82, 2.24) is 4.57 Å². The lowest BCUT2D eigenvalue weighted by Gasteiger charge is -1.82. The molecule has 0 radical (unpaired) electrons. The monoisotopic (exact) mass is 175 g/mol. The Labute approximate surface area is 56.9 Å². The molecule has 3 heteroatoms. The lowest BCUT2D eigenvalue weighted by Crippen LogP contribution is -2.26. The van der Waals surface area contributed by atoms with E-state index < -0.39 is 0 Å². The lowest BCUT2D eigenvalue weighted by atomic mass is 10.9. The Bertz CT molecular complexity index is 173. The van der Waals surface area contributed by atoms with E-state index >= 15 is 0 Å². The summed E-state index contributed by atoms with van der Waals surface area (Å²) in [7, 11) is 3.98. The maximum Gasteiger partial charge on any atom is 0.324 e. The maximum atomic E-state index is 3.38. The molecule has 0 saturated carbocycles. The van der Waals surface area contributed by atoms with Crippen LogP contribution in [0.3, 0.4) is 0 Å². The largest absolute Gasteiger partial charge is 0.324 e. The van der Waals surface area contributed by atoms with Crippen LogP contribution in [0.1, 0.15) is 0 Å². The van der Waals surface area contributed by atoms with Crippen LogP contribution in [0.15, 0.2) is 17.1 Å². The highest BCUT2D eigenvalue weighted by Gasteiger charge is 2.03. The molecule has 1 aromatic heterocycles. The zero-order valence-corrected chi connectivity index (χ0v) is 6.51. The van der Waals surface area contributed by atoms with E-state index in [1.807, 2.05) is 35.6 Å². The molecular weight excluding hydrogens is 168 g/mol. The van der Waals surface area contributed by atoms with Crippen molar-refractivity contribution in [2.45, 2.75) is 0 Å². The summed E-state index contributed by atoms with van der Waals surface area (Å²) in [6, 6.07) is 0. The van der Waals surface area contributed by atoms with Gasteiger partial charge in [-0.05, 0) is 0 Å². The Balaban J connectivity index is 3.19. The van der Waals surface area contributed by atoms with E-state index in [1.165, 1.54) is 0 Å². The Hall–Kier alpha value is -0.310. The number of nitrogens with zero attached hydrogens (tertiary/aromatic N) is 2. The van der Waals surface area contributed by atoms with Crippen LogP contribution in [0.5, 0.6) is 0 Å². The summed E-state index contributed by atoms with van der Waals surface area (Å²) < 4.78 is 5.08. The van der Waals surface area contributed by atoms with Crippen molar-refractivity contribution in [3.8, 4) is 0 Å². The molecule has 0 aliphatic rings. The third kappa shape index (κ3) is 0.777. The summed E-state index contributed by atoms with van der Waals surface area (Å²) in [5.74, 6) is 0. The first-order valence-corrected chi connectivity index (χ1v) is 3.17. The van der Waals surface area contributed by atoms with Crippen molar-refractivity contribution in [3.63, 3.8) is 0 Å². The minimum atomic E-state index is 1.08. The van der Waals surface area contributed by atoms with Gasteiger partial charge in [0.25, 0.3) is 0 Å². The molecule has 44 valence electrons. The number of halogens is 1. The van der Waals surface area contributed by atoms with E-state index in [4.69, 9.17) is 0 Å². The standard InChI is InChI=1S/C5H8BrN2/c1-7-3-4-8(2)5(7)6/h3-4H,1-2H3/q+1. The van der Waals surface area contributed by atoms with Crippen LogP contribution in [-0.2, 0) is 14.1 Å². The predicted molar refractivity (Wildman–Crippen MR) is 34.3 cm³/mol. The highest BCUT2D eigenvalue weighted by Crippen LogP contribution is 1.98. The van der Waals surface area contributed by atoms with E-state index in [-0.39, 0.29) is 0 Å². The average Bonchev–Trinajstić information content (AvgIpc) is 1.98. The Morgan fingerprint density at radius 2 is 2.38 bits per heavy atom. The number of imidazole rings is 1. The van der Waals surface area contributed by atoms with E-state index in [2.05, 4.69) is 15.9 Å². The molecule has 0 unspecified atom stereocenters. The number of hydrogen-bond acceptors (Lipinski definition) is 0. The van der Waals surface area contributed by atoms with Crippen molar-refractivity contribution in [2.24, 2.45) is 14.1 Å². The Kier molecular flexibility index (Phi) is 1.38. The molecule has 1 rings (SSSR count). The molecule has 0 aliphatic heterocycles. The van der Waals surface area contributed by atoms with Gasteiger partial charge in [-0.1, -0.05) is 0 Å². The highest BCUT2D eigenvalue weighted by molar-refractivity contribution is 9.10. The second-order valence-corrected chi connectivity index (χ2v) is 2.50. The molecular formula is C5H8BrN2+. The molecule has 0 amide bonds. The molecule has 0 atom stereocenters. The van der Waals surface area contributed by atoms with Gasteiger partial charge in [0.05, 0.1) is 14.1 Å². The summed E-state index contributed by atoms with van der Waals surface area (Å²) >= 11 is 3.38. The number of hydrogen-bond donors (Lipinski definition) is 0. The normalized spacial score (nSPS) is 9.88. The summed E-state index contributed by atoms with van der Waals surface area (Å²) in [4.78, 5) is 0. The second-order valence-electron chi connectivity index (χ2n) is 1.79. The molecule has 1 heterocycles. The van der Waals surface area contributed by atoms with E-state index in [9.17, 15) is 0 Å². The molecule has 1 aromatic rings. The summed E-state index contributed by atoms with van der Waals surface area (Å²) in [5, 5.41) is 0. The molecule has 0 N–H and O–H groups in total. The van der Waals surface area contributed by atoms with Gasteiger partial charge in [-0.3, -0.25) is 0 Å². The van der Waals surface area contributed by atoms with Crippen molar-refractivity contribution in [3.05, 3.63) is 17.1 Å². The van der Waals surface area contributed by atoms with E-state index in [0.29, 0.717) is 0 Å². The third-order valence-corrected chi connectivity index (χ3v) is 2.21. The Morgan fingerprint density at radius 1 is 1.75 bits per heavy atom. The maximum absolute atomic E-state index is 3.38. The van der Waals surface area contributed by atoms with Gasteiger partial charge in [0.1, 0.15) is 12.4 Å². The van der Waals surface area contributed by atoms with Crippen LogP contribution in [-0.4, -0.2) is 4.57 Å². The number of aryl methyl sites for hydroxylation is 2. The van der Waals surface area contributed by atoms with Crippen LogP contribution < -0.4 is 4.57 Å². The first-order valence-electron chi connectivity index (χ1n) is 2.38. The number of rotatable bonds is 0. The first kappa shape index (κ1) is 5.82. The molecule has 0 bridgehead atoms. The average molecular weight is 176 g/mol. The van der Waals surface area contributed by atoms with Gasteiger partial charge in [-0.25, -0.2) is 9.13 Å². The fraction of sp³-hybridized carbons (Fsp3) is 0.400. The molecule has 0 aliphatic carbocycles. The first-order chi connectivity index (χ1) is 3.72. The van der Waals surface area contributed by atoms with Crippen LogP contribution in [0.2, 0.25) is 0 Å². The molecule has 0 saturated heterocycles. The van der Waals surface area contributed by atoms with E-state index in [0.717, 1.165) is 4.73 Å². The zero-order chi connectivity index (χ0) is 6.15. The van der Waals surface area contributed by atoms with Crippen molar-refractivity contribution < 1.29 is 4.57 Å². The van der Waals surface area contributed by atoms with Gasteiger partial charge in [0.15, 0.2) is 0 Å². The fourth-order valence-electron chi connectivity index (χ4n) is 0.572. The van der Waals surface area contributed by atoms with Gasteiger partial charge < -0.3 is 0 Å². The molecule has 0 spiro atoms. The Morgan fingerprint density at radius 3 is 2.50 bits per heavy atom. The third-order valence-electron chi connectivity index (χ3n) is 1.10. The lowest BCUT2D eigenvalue weighted by molar-refractivity contribution is -0.682. The summed E-state index contributed by atoms with van der Waals surface area (Å²) in [5.41, 5.74) is 0. The SMILES string of the molecule is Cn1cc[n+](C)c1Br.